The molecule has 3 atom stereocenters. The van der Waals surface area contributed by atoms with Crippen molar-refractivity contribution in [1.82, 2.24) is 15.8 Å². The van der Waals surface area contributed by atoms with Gasteiger partial charge in [-0.05, 0) is 30.9 Å². The molecule has 2 aliphatic rings. The van der Waals surface area contributed by atoms with Crippen molar-refractivity contribution in [3.05, 3.63) is 34.9 Å². The molecule has 6 heteroatoms. The molecule has 0 radical (unpaired) electrons. The molecule has 3 rings (SSSR count). The highest BCUT2D eigenvalue weighted by molar-refractivity contribution is 6.31. The molecule has 0 bridgehead atoms. The molecular weight excluding hydrogens is 288 g/mol. The number of nitrogens with zero attached hydrogens (tertiary/aromatic N) is 1. The number of piperidine rings is 1. The second-order valence-corrected chi connectivity index (χ2v) is 6.24. The summed E-state index contributed by atoms with van der Waals surface area (Å²) < 4.78 is 0. The summed E-state index contributed by atoms with van der Waals surface area (Å²) in [6.45, 7) is 1.47. The normalized spacial score (nSPS) is 29.6. The van der Waals surface area contributed by atoms with E-state index in [9.17, 15) is 4.79 Å². The summed E-state index contributed by atoms with van der Waals surface area (Å²) in [5.74, 6) is 0.132. The Morgan fingerprint density at radius 2 is 2.14 bits per heavy atom. The zero-order valence-electron chi connectivity index (χ0n) is 11.9. The number of amides is 1. The van der Waals surface area contributed by atoms with E-state index in [4.69, 9.17) is 17.3 Å². The minimum atomic E-state index is -0.212. The number of hydrazine groups is 1. The molecule has 0 aliphatic carbocycles. The zero-order valence-corrected chi connectivity index (χ0v) is 12.6. The molecular formula is C15H21ClN4O. The molecule has 0 aromatic heterocycles. The van der Waals surface area contributed by atoms with Gasteiger partial charge in [0.1, 0.15) is 6.04 Å². The standard InChI is InChI=1S/C15H21ClN4O/c16-12-6-2-1-5-11(12)13-8-14(19-18-13)15(21)20-7-3-4-10(17)9-20/h1-2,5-6,10,13-14,18-19H,3-4,7-9,17H2. The second kappa shape index (κ2) is 6.32. The zero-order chi connectivity index (χ0) is 14.8. The lowest BCUT2D eigenvalue weighted by Gasteiger charge is -2.32. The Morgan fingerprint density at radius 1 is 1.33 bits per heavy atom. The van der Waals surface area contributed by atoms with Crippen LogP contribution in [0.2, 0.25) is 5.02 Å². The van der Waals surface area contributed by atoms with Gasteiger partial charge in [0, 0.05) is 30.2 Å². The van der Waals surface area contributed by atoms with E-state index >= 15 is 0 Å². The molecule has 1 aromatic rings. The third-order valence-corrected chi connectivity index (χ3v) is 4.60. The molecule has 21 heavy (non-hydrogen) atoms. The van der Waals surface area contributed by atoms with E-state index in [0.717, 1.165) is 30.0 Å². The summed E-state index contributed by atoms with van der Waals surface area (Å²) in [5, 5.41) is 0.727. The molecule has 5 nitrogen and oxygen atoms in total. The number of benzene rings is 1. The van der Waals surface area contributed by atoms with Crippen molar-refractivity contribution in [3.8, 4) is 0 Å². The van der Waals surface area contributed by atoms with E-state index in [-0.39, 0.29) is 24.0 Å². The van der Waals surface area contributed by atoms with Gasteiger partial charge in [-0.1, -0.05) is 29.8 Å². The van der Waals surface area contributed by atoms with Crippen LogP contribution in [0.4, 0.5) is 0 Å². The molecule has 3 unspecified atom stereocenters. The van der Waals surface area contributed by atoms with Gasteiger partial charge in [0.05, 0.1) is 0 Å². The number of hydrogen-bond acceptors (Lipinski definition) is 4. The van der Waals surface area contributed by atoms with Gasteiger partial charge in [-0.15, -0.1) is 0 Å². The second-order valence-electron chi connectivity index (χ2n) is 5.84. The van der Waals surface area contributed by atoms with E-state index < -0.39 is 0 Å². The van der Waals surface area contributed by atoms with E-state index in [1.807, 2.05) is 29.2 Å². The van der Waals surface area contributed by atoms with Crippen molar-refractivity contribution >= 4 is 17.5 Å². The first-order valence-corrected chi connectivity index (χ1v) is 7.83. The monoisotopic (exact) mass is 308 g/mol. The number of rotatable bonds is 2. The van der Waals surface area contributed by atoms with Crippen LogP contribution in [0.15, 0.2) is 24.3 Å². The van der Waals surface area contributed by atoms with Crippen LogP contribution in [-0.4, -0.2) is 36.0 Å². The highest BCUT2D eigenvalue weighted by Gasteiger charge is 2.34. The Kier molecular flexibility index (Phi) is 4.45. The summed E-state index contributed by atoms with van der Waals surface area (Å²) in [6.07, 6.45) is 2.69. The van der Waals surface area contributed by atoms with Crippen molar-refractivity contribution in [2.45, 2.75) is 37.4 Å². The number of carbonyl (C=O) groups excluding carboxylic acids is 1. The number of nitrogens with one attached hydrogen (secondary N) is 2. The fourth-order valence-electron chi connectivity index (χ4n) is 3.11. The highest BCUT2D eigenvalue weighted by atomic mass is 35.5. The average molecular weight is 309 g/mol. The smallest absolute Gasteiger partial charge is 0.241 e. The van der Waals surface area contributed by atoms with Crippen LogP contribution in [0.5, 0.6) is 0 Å². The number of carbonyl (C=O) groups is 1. The number of nitrogens with two attached hydrogens (primary N) is 1. The maximum Gasteiger partial charge on any atom is 0.241 e. The average Bonchev–Trinajstić information content (AvgIpc) is 2.96. The Labute approximate surface area is 129 Å². The lowest BCUT2D eigenvalue weighted by atomic mass is 10.00. The van der Waals surface area contributed by atoms with Gasteiger partial charge in [0.2, 0.25) is 5.91 Å². The maximum absolute atomic E-state index is 12.5. The lowest BCUT2D eigenvalue weighted by Crippen LogP contribution is -2.51. The number of halogens is 1. The fourth-order valence-corrected chi connectivity index (χ4v) is 3.38. The van der Waals surface area contributed by atoms with Crippen molar-refractivity contribution < 1.29 is 4.79 Å². The fraction of sp³-hybridized carbons (Fsp3) is 0.533. The molecule has 2 fully saturated rings. The van der Waals surface area contributed by atoms with Crippen LogP contribution in [0.3, 0.4) is 0 Å². The lowest BCUT2D eigenvalue weighted by molar-refractivity contribution is -0.134. The summed E-state index contributed by atoms with van der Waals surface area (Å²) in [5.41, 5.74) is 13.3. The highest BCUT2D eigenvalue weighted by Crippen LogP contribution is 2.29. The SMILES string of the molecule is NC1CCCN(C(=O)C2CC(c3ccccc3Cl)NN2)C1. The van der Waals surface area contributed by atoms with Crippen LogP contribution < -0.4 is 16.6 Å². The van der Waals surface area contributed by atoms with E-state index in [2.05, 4.69) is 10.9 Å². The van der Waals surface area contributed by atoms with Gasteiger partial charge in [-0.3, -0.25) is 4.79 Å². The molecule has 4 N–H and O–H groups in total. The summed E-state index contributed by atoms with van der Waals surface area (Å²) in [7, 11) is 0. The summed E-state index contributed by atoms with van der Waals surface area (Å²) >= 11 is 6.22. The molecule has 1 amide bonds. The van der Waals surface area contributed by atoms with Crippen LogP contribution >= 0.6 is 11.6 Å². The third-order valence-electron chi connectivity index (χ3n) is 4.25. The number of likely N-dealkylation sites (tertiary alicyclic amines) is 1. The van der Waals surface area contributed by atoms with Crippen molar-refractivity contribution in [2.75, 3.05) is 13.1 Å². The Hall–Kier alpha value is -1.14. The maximum atomic E-state index is 12.5. The van der Waals surface area contributed by atoms with Gasteiger partial charge in [0.25, 0.3) is 0 Å². The molecule has 2 heterocycles. The van der Waals surface area contributed by atoms with Gasteiger partial charge in [0.15, 0.2) is 0 Å². The van der Waals surface area contributed by atoms with E-state index in [0.29, 0.717) is 13.0 Å². The molecule has 0 spiro atoms. The number of hydrogen-bond donors (Lipinski definition) is 3. The predicted octanol–water partition coefficient (Wildman–Crippen LogP) is 1.20. The largest absolute Gasteiger partial charge is 0.340 e. The third kappa shape index (κ3) is 3.21. The first kappa shape index (κ1) is 14.8. The first-order valence-electron chi connectivity index (χ1n) is 7.45. The van der Waals surface area contributed by atoms with Gasteiger partial charge < -0.3 is 10.6 Å². The van der Waals surface area contributed by atoms with Gasteiger partial charge in [-0.25, -0.2) is 10.9 Å². The molecule has 114 valence electrons. The van der Waals surface area contributed by atoms with Gasteiger partial charge >= 0.3 is 0 Å². The molecule has 1 aromatic carbocycles. The summed E-state index contributed by atoms with van der Waals surface area (Å²) in [4.78, 5) is 14.4. The molecule has 2 saturated heterocycles. The van der Waals surface area contributed by atoms with E-state index in [1.165, 1.54) is 0 Å². The van der Waals surface area contributed by atoms with Crippen molar-refractivity contribution in [1.29, 1.82) is 0 Å². The van der Waals surface area contributed by atoms with Crippen LogP contribution in [0.25, 0.3) is 0 Å². The van der Waals surface area contributed by atoms with Crippen molar-refractivity contribution in [3.63, 3.8) is 0 Å². The Balaban J connectivity index is 1.64. The predicted molar refractivity (Wildman–Crippen MR) is 82.7 cm³/mol. The summed E-state index contributed by atoms with van der Waals surface area (Å²) in [6, 6.07) is 7.69. The molecule has 2 aliphatic heterocycles. The Morgan fingerprint density at radius 3 is 2.90 bits per heavy atom. The molecule has 0 saturated carbocycles. The van der Waals surface area contributed by atoms with Gasteiger partial charge in [-0.2, -0.15) is 0 Å². The van der Waals surface area contributed by atoms with Crippen LogP contribution in [0.1, 0.15) is 30.9 Å². The quantitative estimate of drug-likeness (QED) is 0.768. The minimum absolute atomic E-state index is 0.0612. The van der Waals surface area contributed by atoms with Crippen LogP contribution in [0, 0.1) is 0 Å². The van der Waals surface area contributed by atoms with E-state index in [1.54, 1.807) is 0 Å². The minimum Gasteiger partial charge on any atom is -0.340 e. The van der Waals surface area contributed by atoms with Crippen molar-refractivity contribution in [2.24, 2.45) is 5.73 Å². The Bertz CT molecular complexity index is 524. The topological polar surface area (TPSA) is 70.4 Å². The first-order chi connectivity index (χ1) is 10.1. The van der Waals surface area contributed by atoms with Crippen LogP contribution in [-0.2, 0) is 4.79 Å².